The Bertz CT molecular complexity index is 855. The molecule has 2 aromatic rings. The number of amides is 2. The SMILES string of the molecule is CCN(CC(=O)Nc1ccc2c(c1)OCCO2)C(=O)c1c(F)cccc1Cl. The van der Waals surface area contributed by atoms with Gasteiger partial charge in [-0.2, -0.15) is 0 Å². The number of anilines is 1. The number of ether oxygens (including phenoxy) is 2. The first-order valence-electron chi connectivity index (χ1n) is 8.42. The van der Waals surface area contributed by atoms with Crippen LogP contribution in [0.3, 0.4) is 0 Å². The summed E-state index contributed by atoms with van der Waals surface area (Å²) >= 11 is 5.95. The zero-order valence-corrected chi connectivity index (χ0v) is 15.4. The molecule has 0 unspecified atom stereocenters. The molecular weight excluding hydrogens is 375 g/mol. The summed E-state index contributed by atoms with van der Waals surface area (Å²) < 4.78 is 24.9. The summed E-state index contributed by atoms with van der Waals surface area (Å²) in [4.78, 5) is 26.2. The molecule has 6 nitrogen and oxygen atoms in total. The average Bonchev–Trinajstić information content (AvgIpc) is 2.65. The normalized spacial score (nSPS) is 12.4. The van der Waals surface area contributed by atoms with Gasteiger partial charge < -0.3 is 19.7 Å². The van der Waals surface area contributed by atoms with Crippen LogP contribution in [0.25, 0.3) is 0 Å². The molecule has 1 aliphatic rings. The Morgan fingerprint density at radius 2 is 1.93 bits per heavy atom. The minimum absolute atomic E-state index is 0.00527. The monoisotopic (exact) mass is 392 g/mol. The summed E-state index contributed by atoms with van der Waals surface area (Å²) in [6, 6.07) is 9.03. The number of carbonyl (C=O) groups excluding carboxylic acids is 2. The molecule has 27 heavy (non-hydrogen) atoms. The fraction of sp³-hybridized carbons (Fsp3) is 0.263. The van der Waals surface area contributed by atoms with Crippen LogP contribution in [-0.2, 0) is 4.79 Å². The van der Waals surface area contributed by atoms with Gasteiger partial charge in [-0.25, -0.2) is 4.39 Å². The molecule has 0 saturated heterocycles. The van der Waals surface area contributed by atoms with E-state index in [1.165, 1.54) is 17.0 Å². The molecular formula is C19H18ClFN2O4. The van der Waals surface area contributed by atoms with Crippen molar-refractivity contribution in [2.75, 3.05) is 31.6 Å². The van der Waals surface area contributed by atoms with E-state index in [0.29, 0.717) is 30.4 Å². The maximum Gasteiger partial charge on any atom is 0.258 e. The average molecular weight is 393 g/mol. The van der Waals surface area contributed by atoms with Gasteiger partial charge in [0.2, 0.25) is 5.91 Å². The van der Waals surface area contributed by atoms with Gasteiger partial charge >= 0.3 is 0 Å². The number of rotatable bonds is 5. The first-order chi connectivity index (χ1) is 13.0. The van der Waals surface area contributed by atoms with E-state index in [0.717, 1.165) is 6.07 Å². The lowest BCUT2D eigenvalue weighted by atomic mass is 10.2. The molecule has 1 heterocycles. The summed E-state index contributed by atoms with van der Waals surface area (Å²) in [5.41, 5.74) is 0.268. The molecule has 142 valence electrons. The molecule has 0 fully saturated rings. The molecule has 1 N–H and O–H groups in total. The van der Waals surface area contributed by atoms with Gasteiger partial charge in [0.15, 0.2) is 11.5 Å². The molecule has 0 spiro atoms. The summed E-state index contributed by atoms with van der Waals surface area (Å²) in [6.45, 7) is 2.59. The van der Waals surface area contributed by atoms with Crippen molar-refractivity contribution in [1.82, 2.24) is 4.90 Å². The van der Waals surface area contributed by atoms with Gasteiger partial charge in [0.25, 0.3) is 5.91 Å². The third-order valence-electron chi connectivity index (χ3n) is 4.01. The quantitative estimate of drug-likeness (QED) is 0.847. The lowest BCUT2D eigenvalue weighted by Crippen LogP contribution is -2.38. The lowest BCUT2D eigenvalue weighted by Gasteiger charge is -2.22. The highest BCUT2D eigenvalue weighted by molar-refractivity contribution is 6.33. The predicted octanol–water partition coefficient (Wildman–Crippen LogP) is 3.35. The molecule has 0 bridgehead atoms. The molecule has 0 saturated carbocycles. The van der Waals surface area contributed by atoms with Crippen molar-refractivity contribution >= 4 is 29.1 Å². The molecule has 0 radical (unpaired) electrons. The number of carbonyl (C=O) groups is 2. The number of nitrogens with one attached hydrogen (secondary N) is 1. The van der Waals surface area contributed by atoms with Gasteiger partial charge in [0.1, 0.15) is 25.6 Å². The Hall–Kier alpha value is -2.80. The third kappa shape index (κ3) is 4.31. The minimum atomic E-state index is -0.724. The number of benzene rings is 2. The van der Waals surface area contributed by atoms with E-state index in [-0.39, 0.29) is 23.7 Å². The van der Waals surface area contributed by atoms with Crippen LogP contribution >= 0.6 is 11.6 Å². The molecule has 1 aliphatic heterocycles. The van der Waals surface area contributed by atoms with Crippen LogP contribution in [0, 0.1) is 5.82 Å². The fourth-order valence-corrected chi connectivity index (χ4v) is 2.93. The smallest absolute Gasteiger partial charge is 0.258 e. The Morgan fingerprint density at radius 3 is 2.63 bits per heavy atom. The number of nitrogens with zero attached hydrogens (tertiary/aromatic N) is 1. The number of hydrogen-bond acceptors (Lipinski definition) is 4. The maximum absolute atomic E-state index is 14.0. The minimum Gasteiger partial charge on any atom is -0.486 e. The van der Waals surface area contributed by atoms with Gasteiger partial charge in [0.05, 0.1) is 10.6 Å². The highest BCUT2D eigenvalue weighted by atomic mass is 35.5. The van der Waals surface area contributed by atoms with E-state index in [1.54, 1.807) is 25.1 Å². The Kier molecular flexibility index (Phi) is 5.81. The second kappa shape index (κ2) is 8.26. The first-order valence-corrected chi connectivity index (χ1v) is 8.80. The number of hydrogen-bond donors (Lipinski definition) is 1. The zero-order chi connectivity index (χ0) is 19.4. The largest absolute Gasteiger partial charge is 0.486 e. The van der Waals surface area contributed by atoms with Crippen LogP contribution in [0.1, 0.15) is 17.3 Å². The topological polar surface area (TPSA) is 67.9 Å². The number of likely N-dealkylation sites (N-methyl/N-ethyl adjacent to an activating group) is 1. The van der Waals surface area contributed by atoms with Crippen molar-refractivity contribution in [3.63, 3.8) is 0 Å². The van der Waals surface area contributed by atoms with E-state index in [9.17, 15) is 14.0 Å². The van der Waals surface area contributed by atoms with Gasteiger partial charge in [-0.1, -0.05) is 17.7 Å². The Morgan fingerprint density at radius 1 is 1.19 bits per heavy atom. The molecule has 0 atom stereocenters. The molecule has 2 amide bonds. The third-order valence-corrected chi connectivity index (χ3v) is 4.32. The molecule has 2 aromatic carbocycles. The van der Waals surface area contributed by atoms with Crippen LogP contribution in [-0.4, -0.2) is 43.0 Å². The maximum atomic E-state index is 14.0. The molecule has 3 rings (SSSR count). The van der Waals surface area contributed by atoms with Gasteiger partial charge in [-0.15, -0.1) is 0 Å². The van der Waals surface area contributed by atoms with E-state index in [1.807, 2.05) is 0 Å². The van der Waals surface area contributed by atoms with Crippen LogP contribution < -0.4 is 14.8 Å². The van der Waals surface area contributed by atoms with E-state index in [4.69, 9.17) is 21.1 Å². The van der Waals surface area contributed by atoms with Crippen LogP contribution in [0.4, 0.5) is 10.1 Å². The summed E-state index contributed by atoms with van der Waals surface area (Å²) in [5, 5.41) is 2.70. The van der Waals surface area contributed by atoms with Crippen molar-refractivity contribution in [1.29, 1.82) is 0 Å². The van der Waals surface area contributed by atoms with Gasteiger partial charge in [-0.3, -0.25) is 9.59 Å². The lowest BCUT2D eigenvalue weighted by molar-refractivity contribution is -0.116. The zero-order valence-electron chi connectivity index (χ0n) is 14.6. The molecule has 8 heteroatoms. The fourth-order valence-electron chi connectivity index (χ4n) is 2.68. The first kappa shape index (κ1) is 19.0. The number of fused-ring (bicyclic) bond motifs is 1. The van der Waals surface area contributed by atoms with Crippen LogP contribution in [0.5, 0.6) is 11.5 Å². The summed E-state index contributed by atoms with van der Waals surface area (Å²) in [6.07, 6.45) is 0. The predicted molar refractivity (Wildman–Crippen MR) is 99.0 cm³/mol. The van der Waals surface area contributed by atoms with Gasteiger partial charge in [-0.05, 0) is 31.2 Å². The van der Waals surface area contributed by atoms with Crippen molar-refractivity contribution in [3.8, 4) is 11.5 Å². The highest BCUT2D eigenvalue weighted by Crippen LogP contribution is 2.32. The Balaban J connectivity index is 1.69. The number of halogens is 2. The van der Waals surface area contributed by atoms with E-state index < -0.39 is 17.6 Å². The standard InChI is InChI=1S/C19H18ClFN2O4/c1-2-23(19(25)18-13(20)4-3-5-14(18)21)11-17(24)22-12-6-7-15-16(10-12)27-9-8-26-15/h3-7,10H,2,8-9,11H2,1H3,(H,22,24). The van der Waals surface area contributed by atoms with Crippen molar-refractivity contribution < 1.29 is 23.5 Å². The van der Waals surface area contributed by atoms with Gasteiger partial charge in [0, 0.05) is 18.3 Å². The molecule has 0 aromatic heterocycles. The molecule has 0 aliphatic carbocycles. The van der Waals surface area contributed by atoms with Crippen molar-refractivity contribution in [2.45, 2.75) is 6.92 Å². The van der Waals surface area contributed by atoms with E-state index in [2.05, 4.69) is 5.32 Å². The van der Waals surface area contributed by atoms with Crippen molar-refractivity contribution in [2.24, 2.45) is 0 Å². The summed E-state index contributed by atoms with van der Waals surface area (Å²) in [7, 11) is 0. The Labute approximate surface area is 160 Å². The van der Waals surface area contributed by atoms with Crippen LogP contribution in [0.15, 0.2) is 36.4 Å². The van der Waals surface area contributed by atoms with Crippen LogP contribution in [0.2, 0.25) is 5.02 Å². The summed E-state index contributed by atoms with van der Waals surface area (Å²) in [5.74, 6) is -0.634. The highest BCUT2D eigenvalue weighted by Gasteiger charge is 2.23. The van der Waals surface area contributed by atoms with E-state index >= 15 is 0 Å². The van der Waals surface area contributed by atoms with Crippen molar-refractivity contribution in [3.05, 3.63) is 52.8 Å². The second-order valence-electron chi connectivity index (χ2n) is 5.82. The second-order valence-corrected chi connectivity index (χ2v) is 6.23.